The van der Waals surface area contributed by atoms with Gasteiger partial charge in [-0.05, 0) is 43.5 Å². The molecule has 1 aliphatic carbocycles. The Morgan fingerprint density at radius 1 is 1.29 bits per heavy atom. The number of hydrogen-bond donors (Lipinski definition) is 0. The molecule has 2 rings (SSSR count). The molecule has 0 N–H and O–H groups in total. The molecule has 0 unspecified atom stereocenters. The van der Waals surface area contributed by atoms with Crippen molar-refractivity contribution in [1.82, 2.24) is 4.90 Å². The molecule has 0 aliphatic heterocycles. The number of nitrogens with zero attached hydrogens (tertiary/aromatic N) is 1. The van der Waals surface area contributed by atoms with Gasteiger partial charge in [0.2, 0.25) is 0 Å². The van der Waals surface area contributed by atoms with Crippen LogP contribution in [0.25, 0.3) is 0 Å². The number of benzene rings is 1. The molecule has 17 heavy (non-hydrogen) atoms. The molecule has 1 aromatic carbocycles. The van der Waals surface area contributed by atoms with Crippen LogP contribution < -0.4 is 4.74 Å². The summed E-state index contributed by atoms with van der Waals surface area (Å²) in [6.07, 6.45) is 2.35. The van der Waals surface area contributed by atoms with Gasteiger partial charge in [-0.3, -0.25) is 0 Å². The maximum Gasteiger partial charge on any atom is 0.118 e. The Balaban J connectivity index is 1.78. The highest BCUT2D eigenvalue weighted by atomic mass is 35.5. The van der Waals surface area contributed by atoms with E-state index in [2.05, 4.69) is 24.1 Å². The molecule has 1 aromatic rings. The Morgan fingerprint density at radius 2 is 1.94 bits per heavy atom. The van der Waals surface area contributed by atoms with E-state index in [0.29, 0.717) is 5.38 Å². The van der Waals surface area contributed by atoms with Crippen molar-refractivity contribution in [2.24, 2.45) is 5.92 Å². The van der Waals surface area contributed by atoms with Crippen LogP contribution in [0.3, 0.4) is 0 Å². The quantitative estimate of drug-likeness (QED) is 0.748. The number of halogens is 1. The molecular formula is C14H20ClNO. The maximum absolute atomic E-state index is 5.99. The topological polar surface area (TPSA) is 12.5 Å². The van der Waals surface area contributed by atoms with E-state index in [4.69, 9.17) is 16.3 Å². The maximum atomic E-state index is 5.99. The Labute approximate surface area is 109 Å². The first-order valence-corrected chi connectivity index (χ1v) is 6.56. The Kier molecular flexibility index (Phi) is 4.30. The van der Waals surface area contributed by atoms with E-state index in [1.54, 1.807) is 7.11 Å². The minimum absolute atomic E-state index is 0.425. The van der Waals surface area contributed by atoms with E-state index in [1.807, 2.05) is 12.1 Å². The average molecular weight is 254 g/mol. The fourth-order valence-electron chi connectivity index (χ4n) is 2.35. The van der Waals surface area contributed by atoms with Crippen LogP contribution >= 0.6 is 11.6 Å². The van der Waals surface area contributed by atoms with E-state index < -0.39 is 0 Å². The second-order valence-electron chi connectivity index (χ2n) is 4.98. The van der Waals surface area contributed by atoms with Crippen LogP contribution in [0.4, 0.5) is 0 Å². The van der Waals surface area contributed by atoms with Gasteiger partial charge in [-0.1, -0.05) is 12.1 Å². The van der Waals surface area contributed by atoms with Crippen LogP contribution in [0.2, 0.25) is 0 Å². The van der Waals surface area contributed by atoms with E-state index >= 15 is 0 Å². The van der Waals surface area contributed by atoms with Gasteiger partial charge < -0.3 is 9.64 Å². The average Bonchev–Trinajstić information content (AvgIpc) is 2.28. The molecule has 0 amide bonds. The predicted molar refractivity (Wildman–Crippen MR) is 71.7 cm³/mol. The van der Waals surface area contributed by atoms with Gasteiger partial charge in [0.1, 0.15) is 5.75 Å². The molecular weight excluding hydrogens is 234 g/mol. The van der Waals surface area contributed by atoms with Gasteiger partial charge >= 0.3 is 0 Å². The summed E-state index contributed by atoms with van der Waals surface area (Å²) in [7, 11) is 3.87. The number of ether oxygens (including phenoxy) is 1. The normalized spacial score (nSPS) is 23.5. The molecule has 1 aliphatic rings. The summed E-state index contributed by atoms with van der Waals surface area (Å²) in [5, 5.41) is 0.425. The highest BCUT2D eigenvalue weighted by Crippen LogP contribution is 2.32. The third-order valence-corrected chi connectivity index (χ3v) is 3.72. The predicted octanol–water partition coefficient (Wildman–Crippen LogP) is 3.14. The van der Waals surface area contributed by atoms with Crippen molar-refractivity contribution in [2.45, 2.75) is 24.8 Å². The molecule has 1 saturated carbocycles. The molecule has 0 aromatic heterocycles. The molecule has 94 valence electrons. The van der Waals surface area contributed by atoms with Crippen molar-refractivity contribution < 1.29 is 4.74 Å². The van der Waals surface area contributed by atoms with Crippen LogP contribution in [0.15, 0.2) is 24.3 Å². The molecule has 2 nitrogen and oxygen atoms in total. The molecule has 3 heteroatoms. The molecule has 1 fully saturated rings. The van der Waals surface area contributed by atoms with Crippen molar-refractivity contribution in [2.75, 3.05) is 20.7 Å². The lowest BCUT2D eigenvalue weighted by molar-refractivity contribution is 0.204. The molecule has 0 radical (unpaired) electrons. The zero-order valence-electron chi connectivity index (χ0n) is 10.5. The molecule has 0 atom stereocenters. The van der Waals surface area contributed by atoms with Gasteiger partial charge in [-0.25, -0.2) is 0 Å². The molecule has 0 spiro atoms. The summed E-state index contributed by atoms with van der Waals surface area (Å²) >= 11 is 5.99. The first-order chi connectivity index (χ1) is 8.17. The Bertz CT molecular complexity index is 346. The van der Waals surface area contributed by atoms with Gasteiger partial charge in [-0.2, -0.15) is 0 Å². The third-order valence-electron chi connectivity index (χ3n) is 3.36. The summed E-state index contributed by atoms with van der Waals surface area (Å²) < 4.78 is 5.15. The fourth-order valence-corrected chi connectivity index (χ4v) is 2.86. The summed E-state index contributed by atoms with van der Waals surface area (Å²) in [5.41, 5.74) is 1.33. The van der Waals surface area contributed by atoms with Gasteiger partial charge in [0.05, 0.1) is 7.11 Å². The number of hydrogen-bond acceptors (Lipinski definition) is 2. The first-order valence-electron chi connectivity index (χ1n) is 6.13. The largest absolute Gasteiger partial charge is 0.497 e. The summed E-state index contributed by atoms with van der Waals surface area (Å²) in [5.74, 6) is 1.71. The monoisotopic (exact) mass is 253 g/mol. The van der Waals surface area contributed by atoms with Gasteiger partial charge in [0.15, 0.2) is 0 Å². The Hall–Kier alpha value is -0.730. The van der Waals surface area contributed by atoms with Crippen LogP contribution in [0.1, 0.15) is 18.4 Å². The summed E-state index contributed by atoms with van der Waals surface area (Å²) in [4.78, 5) is 2.37. The van der Waals surface area contributed by atoms with E-state index in [-0.39, 0.29) is 0 Å². The number of alkyl halides is 1. The van der Waals surface area contributed by atoms with Crippen molar-refractivity contribution in [3.8, 4) is 5.75 Å². The van der Waals surface area contributed by atoms with Crippen molar-refractivity contribution in [3.63, 3.8) is 0 Å². The number of methoxy groups -OCH3 is 1. The highest BCUT2D eigenvalue weighted by Gasteiger charge is 2.27. The van der Waals surface area contributed by atoms with E-state index in [1.165, 1.54) is 18.4 Å². The molecule has 0 heterocycles. The Morgan fingerprint density at radius 3 is 2.47 bits per heavy atom. The smallest absolute Gasteiger partial charge is 0.118 e. The van der Waals surface area contributed by atoms with Crippen LogP contribution in [-0.2, 0) is 6.54 Å². The molecule has 0 bridgehead atoms. The van der Waals surface area contributed by atoms with Gasteiger partial charge in [-0.15, -0.1) is 11.6 Å². The van der Waals surface area contributed by atoms with E-state index in [0.717, 1.165) is 24.8 Å². The number of rotatable bonds is 5. The van der Waals surface area contributed by atoms with Crippen LogP contribution in [-0.4, -0.2) is 31.0 Å². The lowest BCUT2D eigenvalue weighted by Gasteiger charge is -2.34. The van der Waals surface area contributed by atoms with Crippen molar-refractivity contribution in [3.05, 3.63) is 29.8 Å². The van der Waals surface area contributed by atoms with Crippen LogP contribution in [0, 0.1) is 5.92 Å². The van der Waals surface area contributed by atoms with E-state index in [9.17, 15) is 0 Å². The fraction of sp³-hybridized carbons (Fsp3) is 0.571. The SMILES string of the molecule is COc1ccc(CN(C)CC2CC(Cl)C2)cc1. The first kappa shape index (κ1) is 12.7. The van der Waals surface area contributed by atoms with Gasteiger partial charge in [0.25, 0.3) is 0 Å². The lowest BCUT2D eigenvalue weighted by Crippen LogP contribution is -2.34. The highest BCUT2D eigenvalue weighted by molar-refractivity contribution is 6.21. The van der Waals surface area contributed by atoms with Crippen LogP contribution in [0.5, 0.6) is 5.75 Å². The van der Waals surface area contributed by atoms with Gasteiger partial charge in [0, 0.05) is 18.5 Å². The minimum atomic E-state index is 0.425. The van der Waals surface area contributed by atoms with Crippen molar-refractivity contribution >= 4 is 11.6 Å². The third kappa shape index (κ3) is 3.62. The second-order valence-corrected chi connectivity index (χ2v) is 5.60. The zero-order chi connectivity index (χ0) is 12.3. The summed E-state index contributed by atoms with van der Waals surface area (Å²) in [6, 6.07) is 8.28. The lowest BCUT2D eigenvalue weighted by atomic mass is 9.84. The second kappa shape index (κ2) is 5.74. The summed E-state index contributed by atoms with van der Waals surface area (Å²) in [6.45, 7) is 2.14. The minimum Gasteiger partial charge on any atom is -0.497 e. The standard InChI is InChI=1S/C14H20ClNO/c1-16(10-12-7-13(15)8-12)9-11-3-5-14(17-2)6-4-11/h3-6,12-13H,7-10H2,1-2H3. The van der Waals surface area contributed by atoms with Crippen molar-refractivity contribution in [1.29, 1.82) is 0 Å². The zero-order valence-corrected chi connectivity index (χ0v) is 11.3. The molecule has 0 saturated heterocycles.